The molecule has 0 unspecified atom stereocenters. The van der Waals surface area contributed by atoms with Gasteiger partial charge in [-0.2, -0.15) is 5.01 Å². The highest BCUT2D eigenvalue weighted by Crippen LogP contribution is 2.13. The molecular weight excluding hydrogens is 222 g/mol. The molecule has 92 valence electrons. The van der Waals surface area contributed by atoms with E-state index in [2.05, 4.69) is 10.6 Å². The largest absolute Gasteiger partial charge is 0.388 e. The Balaban J connectivity index is 2.55. The maximum absolute atomic E-state index is 11.2. The van der Waals surface area contributed by atoms with Crippen molar-refractivity contribution in [1.82, 2.24) is 10.3 Å². The Bertz CT molecular complexity index is 275. The maximum atomic E-state index is 11.2. The minimum atomic E-state index is -1.48. The molecule has 0 aromatic carbocycles. The molecule has 16 heavy (non-hydrogen) atoms. The second-order valence-electron chi connectivity index (χ2n) is 3.36. The van der Waals surface area contributed by atoms with Crippen LogP contribution in [0.25, 0.3) is 0 Å². The third kappa shape index (κ3) is 2.64. The highest BCUT2D eigenvalue weighted by molar-refractivity contribution is 5.73. The van der Waals surface area contributed by atoms with Crippen LogP contribution in [0.3, 0.4) is 0 Å². The first-order chi connectivity index (χ1) is 7.47. The lowest BCUT2D eigenvalue weighted by Gasteiger charge is -2.35. The number of nitrogens with one attached hydrogen (secondary N) is 1. The molecule has 4 atom stereocenters. The van der Waals surface area contributed by atoms with E-state index in [1.807, 2.05) is 0 Å². The highest BCUT2D eigenvalue weighted by Gasteiger charge is 2.38. The molecule has 9 heteroatoms. The summed E-state index contributed by atoms with van der Waals surface area (Å²) in [5.74, 6) is 0. The number of ether oxygens (including phenoxy) is 1. The van der Waals surface area contributed by atoms with Crippen molar-refractivity contribution >= 4 is 6.03 Å². The Morgan fingerprint density at radius 1 is 1.44 bits per heavy atom. The summed E-state index contributed by atoms with van der Waals surface area (Å²) < 4.78 is 4.88. The predicted molar refractivity (Wildman–Crippen MR) is 49.9 cm³/mol. The van der Waals surface area contributed by atoms with Crippen LogP contribution in [0.2, 0.25) is 0 Å². The molecule has 0 saturated carbocycles. The monoisotopic (exact) mass is 235 g/mol. The summed E-state index contributed by atoms with van der Waals surface area (Å²) in [4.78, 5) is 21.2. The van der Waals surface area contributed by atoms with E-state index in [9.17, 15) is 19.9 Å². The fourth-order valence-corrected chi connectivity index (χ4v) is 1.19. The molecule has 0 spiro atoms. The van der Waals surface area contributed by atoms with Gasteiger partial charge >= 0.3 is 6.03 Å². The molecule has 1 fully saturated rings. The van der Waals surface area contributed by atoms with E-state index in [-0.39, 0.29) is 6.61 Å². The van der Waals surface area contributed by atoms with Gasteiger partial charge in [0.2, 0.25) is 0 Å². The first-order valence-corrected chi connectivity index (χ1v) is 4.50. The topological polar surface area (TPSA) is 132 Å². The highest BCUT2D eigenvalue weighted by atomic mass is 16.5. The van der Waals surface area contributed by atoms with E-state index < -0.39 is 30.6 Å². The first-order valence-electron chi connectivity index (χ1n) is 4.50. The lowest BCUT2D eigenvalue weighted by molar-refractivity contribution is -0.192. The number of carbonyl (C=O) groups is 1. The summed E-state index contributed by atoms with van der Waals surface area (Å²) in [6, 6.07) is -0.886. The second kappa shape index (κ2) is 5.16. The SMILES string of the molecule is CN(N=O)C(=O)N[C@H]1OC[C@@H](O)[C@@H](O)[C@@H]1O. The Labute approximate surface area is 90.6 Å². The van der Waals surface area contributed by atoms with Crippen LogP contribution in [-0.4, -0.2) is 64.6 Å². The number of hydrogen-bond donors (Lipinski definition) is 4. The van der Waals surface area contributed by atoms with Gasteiger partial charge in [0.1, 0.15) is 18.3 Å². The van der Waals surface area contributed by atoms with Crippen LogP contribution >= 0.6 is 0 Å². The van der Waals surface area contributed by atoms with Gasteiger partial charge in [-0.1, -0.05) is 0 Å². The maximum Gasteiger partial charge on any atom is 0.342 e. The summed E-state index contributed by atoms with van der Waals surface area (Å²) in [6.07, 6.45) is -5.32. The standard InChI is InChI=1S/C7H13N3O6/c1-10(9-15)7(14)8-6-5(13)4(12)3(11)2-16-6/h3-6,11-13H,2H2,1H3,(H,8,14)/t3-,4-,5+,6+/m1/s1. The lowest BCUT2D eigenvalue weighted by Crippen LogP contribution is -2.59. The molecule has 0 bridgehead atoms. The minimum absolute atomic E-state index is 0.235. The van der Waals surface area contributed by atoms with Crippen molar-refractivity contribution in [2.75, 3.05) is 13.7 Å². The fourth-order valence-electron chi connectivity index (χ4n) is 1.19. The third-order valence-corrected chi connectivity index (χ3v) is 2.18. The molecular formula is C7H13N3O6. The second-order valence-corrected chi connectivity index (χ2v) is 3.36. The van der Waals surface area contributed by atoms with E-state index in [1.54, 1.807) is 0 Å². The minimum Gasteiger partial charge on any atom is -0.388 e. The number of nitrogens with zero attached hydrogens (tertiary/aromatic N) is 2. The number of aliphatic hydroxyl groups is 3. The van der Waals surface area contributed by atoms with Crippen molar-refractivity contribution in [3.05, 3.63) is 4.91 Å². The quantitative estimate of drug-likeness (QED) is 0.316. The van der Waals surface area contributed by atoms with Crippen LogP contribution < -0.4 is 5.32 Å². The number of urea groups is 1. The zero-order valence-electron chi connectivity index (χ0n) is 8.48. The van der Waals surface area contributed by atoms with Crippen LogP contribution in [0.15, 0.2) is 5.29 Å². The van der Waals surface area contributed by atoms with Crippen molar-refractivity contribution in [3.63, 3.8) is 0 Å². The predicted octanol–water partition coefficient (Wildman–Crippen LogP) is -2.25. The van der Waals surface area contributed by atoms with Gasteiger partial charge in [0, 0.05) is 7.05 Å². The molecule has 1 heterocycles. The molecule has 0 aromatic rings. The number of rotatable bonds is 2. The Morgan fingerprint density at radius 2 is 2.06 bits per heavy atom. The summed E-state index contributed by atoms with van der Waals surface area (Å²) >= 11 is 0. The van der Waals surface area contributed by atoms with Gasteiger partial charge in [0.05, 0.1) is 11.9 Å². The van der Waals surface area contributed by atoms with Crippen molar-refractivity contribution < 1.29 is 24.9 Å². The van der Waals surface area contributed by atoms with E-state index >= 15 is 0 Å². The molecule has 0 aromatic heterocycles. The summed E-state index contributed by atoms with van der Waals surface area (Å²) in [5, 5.41) is 32.8. The molecule has 0 radical (unpaired) electrons. The van der Waals surface area contributed by atoms with Gasteiger partial charge in [-0.05, 0) is 0 Å². The smallest absolute Gasteiger partial charge is 0.342 e. The van der Waals surface area contributed by atoms with E-state index in [4.69, 9.17) is 9.84 Å². The number of nitroso groups, excluding NO2 is 1. The Morgan fingerprint density at radius 3 is 2.62 bits per heavy atom. The number of aliphatic hydroxyl groups excluding tert-OH is 3. The van der Waals surface area contributed by atoms with E-state index in [0.29, 0.717) is 5.01 Å². The van der Waals surface area contributed by atoms with Gasteiger partial charge in [0.15, 0.2) is 6.23 Å². The van der Waals surface area contributed by atoms with Crippen LogP contribution in [0.4, 0.5) is 4.79 Å². The Kier molecular flexibility index (Phi) is 4.12. The summed E-state index contributed by atoms with van der Waals surface area (Å²) in [6.45, 7) is -0.235. The van der Waals surface area contributed by atoms with Gasteiger partial charge < -0.3 is 25.4 Å². The zero-order valence-corrected chi connectivity index (χ0v) is 8.48. The first kappa shape index (κ1) is 12.8. The van der Waals surface area contributed by atoms with Gasteiger partial charge in [-0.3, -0.25) is 0 Å². The van der Waals surface area contributed by atoms with Gasteiger partial charge in [-0.25, -0.2) is 4.79 Å². The zero-order chi connectivity index (χ0) is 12.3. The summed E-state index contributed by atoms with van der Waals surface area (Å²) in [5.41, 5.74) is 0. The Hall–Kier alpha value is -1.29. The van der Waals surface area contributed by atoms with Gasteiger partial charge in [0.25, 0.3) is 0 Å². The van der Waals surface area contributed by atoms with Crippen LogP contribution in [0.5, 0.6) is 0 Å². The number of carbonyl (C=O) groups excluding carboxylic acids is 1. The average molecular weight is 235 g/mol. The normalized spacial score (nSPS) is 34.2. The molecule has 1 aliphatic rings. The molecule has 1 saturated heterocycles. The molecule has 1 rings (SSSR count). The van der Waals surface area contributed by atoms with Crippen LogP contribution in [0, 0.1) is 4.91 Å². The molecule has 1 aliphatic heterocycles. The molecule has 9 nitrogen and oxygen atoms in total. The summed E-state index contributed by atoms with van der Waals surface area (Å²) in [7, 11) is 1.11. The van der Waals surface area contributed by atoms with E-state index in [0.717, 1.165) is 7.05 Å². The van der Waals surface area contributed by atoms with Crippen molar-refractivity contribution in [3.8, 4) is 0 Å². The van der Waals surface area contributed by atoms with Crippen molar-refractivity contribution in [1.29, 1.82) is 0 Å². The van der Waals surface area contributed by atoms with Crippen LogP contribution in [-0.2, 0) is 4.74 Å². The molecule has 0 aliphatic carbocycles. The van der Waals surface area contributed by atoms with Crippen molar-refractivity contribution in [2.45, 2.75) is 24.5 Å². The number of hydrogen-bond acceptors (Lipinski definition) is 7. The van der Waals surface area contributed by atoms with Crippen LogP contribution in [0.1, 0.15) is 0 Å². The molecule has 2 amide bonds. The number of amides is 2. The third-order valence-electron chi connectivity index (χ3n) is 2.18. The van der Waals surface area contributed by atoms with Crippen molar-refractivity contribution in [2.24, 2.45) is 5.29 Å². The van der Waals surface area contributed by atoms with Gasteiger partial charge in [-0.15, -0.1) is 4.91 Å². The van der Waals surface area contributed by atoms with E-state index in [1.165, 1.54) is 0 Å². The fraction of sp³-hybridized carbons (Fsp3) is 0.857. The lowest BCUT2D eigenvalue weighted by atomic mass is 10.0. The molecule has 4 N–H and O–H groups in total. The average Bonchev–Trinajstić information content (AvgIpc) is 2.28.